The molecule has 4 nitrogen and oxygen atoms in total. The lowest BCUT2D eigenvalue weighted by Gasteiger charge is -2.24. The molecular formula is C26H29Cl2N3OS. The van der Waals surface area contributed by atoms with Crippen molar-refractivity contribution < 1.29 is 4.79 Å². The van der Waals surface area contributed by atoms with E-state index >= 15 is 0 Å². The molecule has 2 aromatic carbocycles. The van der Waals surface area contributed by atoms with Crippen LogP contribution >= 0.6 is 34.5 Å². The molecule has 0 radical (unpaired) electrons. The van der Waals surface area contributed by atoms with Gasteiger partial charge in [0.2, 0.25) is 5.91 Å². The SMILES string of the molecule is O=C(CCCCN1CCCN(c2cc(Cl)cc(Cl)c2)CC1)Nc1ccc(-c2ccsc2)cc1. The Morgan fingerprint density at radius 1 is 0.909 bits per heavy atom. The summed E-state index contributed by atoms with van der Waals surface area (Å²) in [5.41, 5.74) is 4.33. The minimum absolute atomic E-state index is 0.0816. The number of nitrogens with zero attached hydrogens (tertiary/aromatic N) is 2. The first-order valence-electron chi connectivity index (χ1n) is 11.4. The van der Waals surface area contributed by atoms with E-state index in [0.717, 1.165) is 63.4 Å². The number of anilines is 2. The molecule has 33 heavy (non-hydrogen) atoms. The van der Waals surface area contributed by atoms with Crippen LogP contribution in [0.1, 0.15) is 25.7 Å². The second kappa shape index (κ2) is 11.9. The molecule has 0 aliphatic carbocycles. The summed E-state index contributed by atoms with van der Waals surface area (Å²) in [6.45, 7) is 5.06. The van der Waals surface area contributed by atoms with Crippen LogP contribution in [0, 0.1) is 0 Å². The Kier molecular flexibility index (Phi) is 8.68. The lowest BCUT2D eigenvalue weighted by atomic mass is 10.1. The molecule has 1 aliphatic rings. The predicted octanol–water partition coefficient (Wildman–Crippen LogP) is 7.04. The van der Waals surface area contributed by atoms with Crippen molar-refractivity contribution in [1.29, 1.82) is 0 Å². The Labute approximate surface area is 210 Å². The zero-order valence-corrected chi connectivity index (χ0v) is 20.9. The molecule has 0 atom stereocenters. The fraction of sp³-hybridized carbons (Fsp3) is 0.346. The van der Waals surface area contributed by atoms with Gasteiger partial charge in [0, 0.05) is 47.5 Å². The van der Waals surface area contributed by atoms with E-state index in [0.29, 0.717) is 16.5 Å². The van der Waals surface area contributed by atoms with Crippen molar-refractivity contribution in [3.63, 3.8) is 0 Å². The summed E-state index contributed by atoms with van der Waals surface area (Å²) in [4.78, 5) is 17.2. The highest BCUT2D eigenvalue weighted by molar-refractivity contribution is 7.08. The number of thiophene rings is 1. The van der Waals surface area contributed by atoms with Gasteiger partial charge in [-0.3, -0.25) is 4.79 Å². The summed E-state index contributed by atoms with van der Waals surface area (Å²) < 4.78 is 0. The van der Waals surface area contributed by atoms with Crippen LogP contribution in [0.15, 0.2) is 59.3 Å². The first kappa shape index (κ1) is 24.1. The van der Waals surface area contributed by atoms with Crippen LogP contribution in [0.3, 0.4) is 0 Å². The van der Waals surface area contributed by atoms with Crippen molar-refractivity contribution in [3.05, 3.63) is 69.3 Å². The van der Waals surface area contributed by atoms with Gasteiger partial charge in [0.15, 0.2) is 0 Å². The smallest absolute Gasteiger partial charge is 0.224 e. The van der Waals surface area contributed by atoms with E-state index in [4.69, 9.17) is 23.2 Å². The van der Waals surface area contributed by atoms with Crippen LogP contribution in [0.4, 0.5) is 11.4 Å². The van der Waals surface area contributed by atoms with Gasteiger partial charge in [-0.25, -0.2) is 0 Å². The maximum atomic E-state index is 12.3. The number of unbranched alkanes of at least 4 members (excludes halogenated alkanes) is 1. The third-order valence-electron chi connectivity index (χ3n) is 5.95. The number of halogens is 2. The molecule has 1 N–H and O–H groups in total. The molecule has 1 saturated heterocycles. The molecule has 1 fully saturated rings. The van der Waals surface area contributed by atoms with Gasteiger partial charge in [-0.05, 0) is 90.6 Å². The average Bonchev–Trinajstić information content (AvgIpc) is 3.23. The molecular weight excluding hydrogens is 473 g/mol. The van der Waals surface area contributed by atoms with E-state index in [9.17, 15) is 4.79 Å². The average molecular weight is 503 g/mol. The topological polar surface area (TPSA) is 35.6 Å². The zero-order valence-electron chi connectivity index (χ0n) is 18.6. The molecule has 174 valence electrons. The van der Waals surface area contributed by atoms with Crippen LogP contribution in [-0.2, 0) is 4.79 Å². The van der Waals surface area contributed by atoms with Crippen molar-refractivity contribution in [1.82, 2.24) is 4.90 Å². The summed E-state index contributed by atoms with van der Waals surface area (Å²) in [6, 6.07) is 15.9. The summed E-state index contributed by atoms with van der Waals surface area (Å²) in [5, 5.41) is 8.57. The summed E-state index contributed by atoms with van der Waals surface area (Å²) in [6.07, 6.45) is 3.57. The molecule has 1 aromatic heterocycles. The Hall–Kier alpha value is -2.05. The molecule has 0 unspecified atom stereocenters. The van der Waals surface area contributed by atoms with E-state index in [1.54, 1.807) is 17.4 Å². The third-order valence-corrected chi connectivity index (χ3v) is 7.07. The van der Waals surface area contributed by atoms with Gasteiger partial charge in [0.1, 0.15) is 0 Å². The molecule has 0 saturated carbocycles. The number of rotatable bonds is 8. The Morgan fingerprint density at radius 2 is 1.70 bits per heavy atom. The Bertz CT molecular complexity index is 1020. The van der Waals surface area contributed by atoms with Gasteiger partial charge >= 0.3 is 0 Å². The first-order valence-corrected chi connectivity index (χ1v) is 13.1. The van der Waals surface area contributed by atoms with Crippen molar-refractivity contribution >= 4 is 51.8 Å². The molecule has 4 rings (SSSR count). The van der Waals surface area contributed by atoms with Crippen molar-refractivity contribution in [2.75, 3.05) is 42.9 Å². The van der Waals surface area contributed by atoms with E-state index in [2.05, 4.69) is 44.1 Å². The maximum absolute atomic E-state index is 12.3. The lowest BCUT2D eigenvalue weighted by molar-refractivity contribution is -0.116. The fourth-order valence-electron chi connectivity index (χ4n) is 4.19. The van der Waals surface area contributed by atoms with Crippen LogP contribution in [0.25, 0.3) is 11.1 Å². The van der Waals surface area contributed by atoms with Gasteiger partial charge in [-0.15, -0.1) is 0 Å². The third kappa shape index (κ3) is 7.21. The summed E-state index contributed by atoms with van der Waals surface area (Å²) in [7, 11) is 0. The van der Waals surface area contributed by atoms with E-state index in [1.165, 1.54) is 11.1 Å². The summed E-state index contributed by atoms with van der Waals surface area (Å²) >= 11 is 14.0. The highest BCUT2D eigenvalue weighted by Gasteiger charge is 2.16. The van der Waals surface area contributed by atoms with Gasteiger partial charge in [-0.2, -0.15) is 11.3 Å². The number of hydrogen-bond donors (Lipinski definition) is 1. The minimum atomic E-state index is 0.0816. The normalized spacial score (nSPS) is 14.8. The predicted molar refractivity (Wildman–Crippen MR) is 142 cm³/mol. The highest BCUT2D eigenvalue weighted by Crippen LogP contribution is 2.26. The first-order chi connectivity index (χ1) is 16.1. The van der Waals surface area contributed by atoms with Crippen LogP contribution in [-0.4, -0.2) is 43.5 Å². The number of carbonyl (C=O) groups excluding carboxylic acids is 1. The largest absolute Gasteiger partial charge is 0.370 e. The van der Waals surface area contributed by atoms with Crippen LogP contribution in [0.5, 0.6) is 0 Å². The Morgan fingerprint density at radius 3 is 2.42 bits per heavy atom. The van der Waals surface area contributed by atoms with Crippen molar-refractivity contribution in [3.8, 4) is 11.1 Å². The van der Waals surface area contributed by atoms with Crippen molar-refractivity contribution in [2.45, 2.75) is 25.7 Å². The Balaban J connectivity index is 1.16. The van der Waals surface area contributed by atoms with Crippen LogP contribution in [0.2, 0.25) is 10.0 Å². The standard InChI is InChI=1S/C26H29Cl2N3OS/c27-22-16-23(28)18-25(17-22)31-12-3-11-30(13-14-31)10-2-1-4-26(32)29-24-7-5-20(6-8-24)21-9-15-33-19-21/h5-9,15-19H,1-4,10-14H2,(H,29,32). The molecule has 1 amide bonds. The quantitative estimate of drug-likeness (QED) is 0.336. The molecule has 3 aromatic rings. The van der Waals surface area contributed by atoms with E-state index in [-0.39, 0.29) is 5.91 Å². The lowest BCUT2D eigenvalue weighted by Crippen LogP contribution is -2.31. The van der Waals surface area contributed by atoms with Gasteiger partial charge in [-0.1, -0.05) is 35.3 Å². The number of hydrogen-bond acceptors (Lipinski definition) is 4. The molecule has 0 spiro atoms. The number of carbonyl (C=O) groups is 1. The molecule has 0 bridgehead atoms. The second-order valence-corrected chi connectivity index (χ2v) is 10.1. The van der Waals surface area contributed by atoms with Crippen molar-refractivity contribution in [2.24, 2.45) is 0 Å². The molecule has 7 heteroatoms. The zero-order chi connectivity index (χ0) is 23.0. The highest BCUT2D eigenvalue weighted by atomic mass is 35.5. The maximum Gasteiger partial charge on any atom is 0.224 e. The minimum Gasteiger partial charge on any atom is -0.370 e. The second-order valence-electron chi connectivity index (χ2n) is 8.40. The molecule has 2 heterocycles. The molecule has 1 aliphatic heterocycles. The number of benzene rings is 2. The van der Waals surface area contributed by atoms with Crippen LogP contribution < -0.4 is 10.2 Å². The number of amides is 1. The van der Waals surface area contributed by atoms with Gasteiger partial charge in [0.25, 0.3) is 0 Å². The van der Waals surface area contributed by atoms with Gasteiger partial charge in [0.05, 0.1) is 0 Å². The number of nitrogens with one attached hydrogen (secondary N) is 1. The van der Waals surface area contributed by atoms with E-state index in [1.807, 2.05) is 24.3 Å². The summed E-state index contributed by atoms with van der Waals surface area (Å²) in [5.74, 6) is 0.0816. The monoisotopic (exact) mass is 501 g/mol. The fourth-order valence-corrected chi connectivity index (χ4v) is 5.37. The van der Waals surface area contributed by atoms with Gasteiger partial charge < -0.3 is 15.1 Å². The van der Waals surface area contributed by atoms with E-state index < -0.39 is 0 Å².